The number of imidazole rings is 1. The fraction of sp³-hybridized carbons (Fsp3) is 0.588. The smallest absolute Gasteiger partial charge is 0.304 e. The number of allylic oxidation sites excluding steroid dienone is 2. The molecule has 1 aromatic heterocycles. The topological polar surface area (TPSA) is 105 Å². The lowest BCUT2D eigenvalue weighted by Gasteiger charge is -2.14. The molecule has 0 radical (unpaired) electrons. The highest BCUT2D eigenvalue weighted by molar-refractivity contribution is 5.97. The van der Waals surface area contributed by atoms with Crippen molar-refractivity contribution in [3.8, 4) is 6.01 Å². The van der Waals surface area contributed by atoms with Crippen LogP contribution in [0.1, 0.15) is 50.0 Å². The van der Waals surface area contributed by atoms with Crippen LogP contribution < -0.4 is 15.4 Å². The van der Waals surface area contributed by atoms with Gasteiger partial charge in [-0.3, -0.25) is 14.2 Å². The highest BCUT2D eigenvalue weighted by Crippen LogP contribution is 2.26. The largest absolute Gasteiger partial charge is 0.430 e. The number of nitrogens with one attached hydrogen (secondary N) is 2. The molecule has 1 heterocycles. The minimum absolute atomic E-state index is 0.0178. The van der Waals surface area contributed by atoms with Gasteiger partial charge in [0.1, 0.15) is 5.76 Å². The van der Waals surface area contributed by atoms with E-state index in [4.69, 9.17) is 9.84 Å². The summed E-state index contributed by atoms with van der Waals surface area (Å²) in [5, 5.41) is 14.7. The second kappa shape index (κ2) is 9.22. The molecule has 0 saturated carbocycles. The molecular weight excluding hydrogens is 324 g/mol. The van der Waals surface area contributed by atoms with Crippen molar-refractivity contribution in [1.82, 2.24) is 14.9 Å². The molecule has 138 valence electrons. The fourth-order valence-corrected chi connectivity index (χ4v) is 2.65. The Balaban J connectivity index is 2.29. The number of carbonyl (C=O) groups excluding carboxylic acids is 2. The Bertz CT molecular complexity index is 651. The zero-order valence-electron chi connectivity index (χ0n) is 14.8. The third-order valence-corrected chi connectivity index (χ3v) is 3.82. The number of ketones is 1. The van der Waals surface area contributed by atoms with Crippen molar-refractivity contribution in [2.24, 2.45) is 0 Å². The van der Waals surface area contributed by atoms with Gasteiger partial charge in [-0.05, 0) is 26.7 Å². The number of aliphatic hydroxyl groups excluding tert-OH is 1. The van der Waals surface area contributed by atoms with Gasteiger partial charge in [-0.2, -0.15) is 4.98 Å². The zero-order valence-corrected chi connectivity index (χ0v) is 14.8. The Kier molecular flexibility index (Phi) is 7.00. The molecule has 1 aliphatic rings. The summed E-state index contributed by atoms with van der Waals surface area (Å²) in [5.41, 5.74) is 0.389. The number of ether oxygens (including phenoxy) is 1. The lowest BCUT2D eigenvalue weighted by Crippen LogP contribution is -2.28. The Labute approximate surface area is 147 Å². The van der Waals surface area contributed by atoms with Crippen LogP contribution in [-0.4, -0.2) is 46.0 Å². The van der Waals surface area contributed by atoms with E-state index in [0.717, 1.165) is 6.42 Å². The highest BCUT2D eigenvalue weighted by atomic mass is 16.5. The van der Waals surface area contributed by atoms with Crippen LogP contribution in [-0.2, 0) is 11.3 Å². The molecular formula is C17H26N4O4. The van der Waals surface area contributed by atoms with Crippen LogP contribution in [0.25, 0.3) is 0 Å². The van der Waals surface area contributed by atoms with Crippen LogP contribution in [0.4, 0.5) is 5.82 Å². The third kappa shape index (κ3) is 4.82. The normalized spacial score (nSPS) is 14.2. The number of anilines is 1. The Morgan fingerprint density at radius 2 is 2.20 bits per heavy atom. The lowest BCUT2D eigenvalue weighted by molar-refractivity contribution is -0.115. The summed E-state index contributed by atoms with van der Waals surface area (Å²) < 4.78 is 7.51. The molecule has 8 heteroatoms. The van der Waals surface area contributed by atoms with Crippen molar-refractivity contribution >= 4 is 17.5 Å². The molecule has 0 aliphatic heterocycles. The molecule has 0 saturated heterocycles. The van der Waals surface area contributed by atoms with Crippen LogP contribution >= 0.6 is 0 Å². The monoisotopic (exact) mass is 350 g/mol. The second-order valence-electron chi connectivity index (χ2n) is 5.73. The number of hydrogen-bond acceptors (Lipinski definition) is 6. The van der Waals surface area contributed by atoms with Gasteiger partial charge >= 0.3 is 6.01 Å². The molecule has 8 nitrogen and oxygen atoms in total. The number of hydrogen-bond donors (Lipinski definition) is 3. The summed E-state index contributed by atoms with van der Waals surface area (Å²) in [6.45, 7) is 5.32. The van der Waals surface area contributed by atoms with E-state index >= 15 is 0 Å². The van der Waals surface area contributed by atoms with Crippen LogP contribution in [0.15, 0.2) is 11.8 Å². The summed E-state index contributed by atoms with van der Waals surface area (Å²) in [6.07, 6.45) is 3.96. The van der Waals surface area contributed by atoms with Crippen molar-refractivity contribution in [2.75, 3.05) is 25.0 Å². The van der Waals surface area contributed by atoms with Crippen LogP contribution in [0.3, 0.4) is 0 Å². The SMILES string of the molecule is CCNc1nc(OC2=CC(=O)CCC2)n(CC)c1C(=O)NCCCO. The third-order valence-electron chi connectivity index (χ3n) is 3.82. The predicted molar refractivity (Wildman–Crippen MR) is 93.7 cm³/mol. The standard InChI is InChI=1S/C17H26N4O4/c1-3-18-15-14(16(24)19-9-6-10-22)21(4-2)17(20-15)25-13-8-5-7-12(23)11-13/h11,18,22H,3-10H2,1-2H3,(H,19,24). The average molecular weight is 350 g/mol. The molecule has 3 N–H and O–H groups in total. The van der Waals surface area contributed by atoms with Crippen molar-refractivity contribution in [2.45, 2.75) is 46.1 Å². The van der Waals surface area contributed by atoms with Crippen molar-refractivity contribution in [3.05, 3.63) is 17.5 Å². The number of nitrogens with zero attached hydrogens (tertiary/aromatic N) is 2. The predicted octanol–water partition coefficient (Wildman–Crippen LogP) is 1.46. The van der Waals surface area contributed by atoms with Gasteiger partial charge in [0.05, 0.1) is 0 Å². The Hall–Kier alpha value is -2.35. The molecule has 0 atom stereocenters. The Morgan fingerprint density at radius 1 is 1.40 bits per heavy atom. The number of aromatic nitrogens is 2. The van der Waals surface area contributed by atoms with Gasteiger partial charge in [0, 0.05) is 45.2 Å². The van der Waals surface area contributed by atoms with Gasteiger partial charge in [-0.15, -0.1) is 0 Å². The van der Waals surface area contributed by atoms with Gasteiger partial charge in [0.2, 0.25) is 0 Å². The molecule has 25 heavy (non-hydrogen) atoms. The zero-order chi connectivity index (χ0) is 18.2. The van der Waals surface area contributed by atoms with Crippen molar-refractivity contribution < 1.29 is 19.4 Å². The molecule has 0 spiro atoms. The first-order valence-corrected chi connectivity index (χ1v) is 8.75. The molecule has 1 aromatic rings. The maximum absolute atomic E-state index is 12.5. The summed E-state index contributed by atoms with van der Waals surface area (Å²) in [5.74, 6) is 0.793. The fourth-order valence-electron chi connectivity index (χ4n) is 2.65. The quantitative estimate of drug-likeness (QED) is 0.582. The molecule has 0 unspecified atom stereocenters. The number of carbonyl (C=O) groups is 2. The van der Waals surface area contributed by atoms with Crippen LogP contribution in [0, 0.1) is 0 Å². The lowest BCUT2D eigenvalue weighted by atomic mass is 10.1. The van der Waals surface area contributed by atoms with Gasteiger partial charge in [0.15, 0.2) is 17.3 Å². The van der Waals surface area contributed by atoms with Crippen molar-refractivity contribution in [1.29, 1.82) is 0 Å². The highest BCUT2D eigenvalue weighted by Gasteiger charge is 2.24. The minimum atomic E-state index is -0.276. The molecule has 2 rings (SSSR count). The number of aliphatic hydroxyl groups is 1. The van der Waals surface area contributed by atoms with Gasteiger partial charge in [-0.25, -0.2) is 0 Å². The van der Waals surface area contributed by atoms with E-state index in [1.165, 1.54) is 6.08 Å². The van der Waals surface area contributed by atoms with Crippen LogP contribution in [0.5, 0.6) is 6.01 Å². The Morgan fingerprint density at radius 3 is 2.84 bits per heavy atom. The van der Waals surface area contributed by atoms with E-state index in [1.807, 2.05) is 13.8 Å². The van der Waals surface area contributed by atoms with Gasteiger partial charge in [0.25, 0.3) is 5.91 Å². The molecule has 0 fully saturated rings. The number of rotatable bonds is 9. The van der Waals surface area contributed by atoms with E-state index < -0.39 is 0 Å². The minimum Gasteiger partial charge on any atom is -0.430 e. The maximum atomic E-state index is 12.5. The first-order chi connectivity index (χ1) is 12.1. The first kappa shape index (κ1) is 19.0. The first-order valence-electron chi connectivity index (χ1n) is 8.75. The maximum Gasteiger partial charge on any atom is 0.304 e. The van der Waals surface area contributed by atoms with Crippen molar-refractivity contribution in [3.63, 3.8) is 0 Å². The van der Waals surface area contributed by atoms with Gasteiger partial charge in [-0.1, -0.05) is 0 Å². The van der Waals surface area contributed by atoms with Crippen LogP contribution in [0.2, 0.25) is 0 Å². The average Bonchev–Trinajstić information content (AvgIpc) is 2.92. The van der Waals surface area contributed by atoms with E-state index in [2.05, 4.69) is 15.6 Å². The van der Waals surface area contributed by atoms with E-state index in [-0.39, 0.29) is 18.3 Å². The summed E-state index contributed by atoms with van der Waals surface area (Å²) in [7, 11) is 0. The van der Waals surface area contributed by atoms with Gasteiger partial charge < -0.3 is 20.5 Å². The molecule has 0 aromatic carbocycles. The molecule has 1 amide bonds. The number of amides is 1. The van der Waals surface area contributed by atoms with E-state index in [9.17, 15) is 9.59 Å². The van der Waals surface area contributed by atoms with E-state index in [0.29, 0.717) is 62.2 Å². The molecule has 1 aliphatic carbocycles. The summed E-state index contributed by atoms with van der Waals surface area (Å²) in [6, 6.07) is 0.298. The summed E-state index contributed by atoms with van der Waals surface area (Å²) >= 11 is 0. The summed E-state index contributed by atoms with van der Waals surface area (Å²) in [4.78, 5) is 28.5. The molecule has 0 bridgehead atoms. The second-order valence-corrected chi connectivity index (χ2v) is 5.73. The van der Waals surface area contributed by atoms with E-state index in [1.54, 1.807) is 4.57 Å².